The van der Waals surface area contributed by atoms with E-state index in [2.05, 4.69) is 46.3 Å². The molecule has 1 saturated heterocycles. The molecule has 1 aromatic heterocycles. The van der Waals surface area contributed by atoms with Gasteiger partial charge < -0.3 is 13.9 Å². The van der Waals surface area contributed by atoms with Crippen molar-refractivity contribution in [2.45, 2.75) is 32.4 Å². The maximum atomic E-state index is 5.94. The van der Waals surface area contributed by atoms with Gasteiger partial charge in [-0.05, 0) is 56.1 Å². The van der Waals surface area contributed by atoms with Gasteiger partial charge in [-0.25, -0.2) is 0 Å². The van der Waals surface area contributed by atoms with Crippen molar-refractivity contribution in [2.75, 3.05) is 19.8 Å². The lowest BCUT2D eigenvalue weighted by atomic mass is 10.0. The highest BCUT2D eigenvalue weighted by atomic mass is 16.6. The molecule has 2 aromatic carbocycles. The zero-order valence-corrected chi connectivity index (χ0v) is 15.9. The van der Waals surface area contributed by atoms with Gasteiger partial charge in [0.2, 0.25) is 11.8 Å². The Labute approximate surface area is 164 Å². The van der Waals surface area contributed by atoms with Crippen molar-refractivity contribution < 1.29 is 13.9 Å². The number of ether oxygens (including phenoxy) is 2. The second-order valence-corrected chi connectivity index (χ2v) is 7.40. The second kappa shape index (κ2) is 7.28. The van der Waals surface area contributed by atoms with Crippen LogP contribution in [0.1, 0.15) is 35.9 Å². The zero-order chi connectivity index (χ0) is 18.9. The van der Waals surface area contributed by atoms with Crippen molar-refractivity contribution in [1.82, 2.24) is 15.1 Å². The quantitative estimate of drug-likeness (QED) is 0.681. The first-order chi connectivity index (χ1) is 13.8. The SMILES string of the molecule is Cc1ccc(-c2nnc(CN3CCCC3c3ccc4c(c3)OCCO4)o2)cc1. The summed E-state index contributed by atoms with van der Waals surface area (Å²) >= 11 is 0. The van der Waals surface area contributed by atoms with Gasteiger partial charge in [-0.15, -0.1) is 10.2 Å². The van der Waals surface area contributed by atoms with Crippen molar-refractivity contribution in [3.8, 4) is 23.0 Å². The molecule has 0 aliphatic carbocycles. The van der Waals surface area contributed by atoms with Crippen LogP contribution in [0.3, 0.4) is 0 Å². The maximum absolute atomic E-state index is 5.94. The lowest BCUT2D eigenvalue weighted by molar-refractivity contribution is 0.170. The summed E-state index contributed by atoms with van der Waals surface area (Å²) in [6.07, 6.45) is 2.26. The molecule has 1 fully saturated rings. The lowest BCUT2D eigenvalue weighted by Crippen LogP contribution is -2.23. The molecule has 6 heteroatoms. The Morgan fingerprint density at radius 2 is 1.82 bits per heavy atom. The van der Waals surface area contributed by atoms with E-state index in [9.17, 15) is 0 Å². The standard InChI is InChI=1S/C22H23N3O3/c1-15-4-6-16(7-5-15)22-24-23-21(28-22)14-25-10-2-3-18(25)17-8-9-19-20(13-17)27-12-11-26-19/h4-9,13,18H,2-3,10-12,14H2,1H3. The number of hydrogen-bond donors (Lipinski definition) is 0. The van der Waals surface area contributed by atoms with Gasteiger partial charge >= 0.3 is 0 Å². The summed E-state index contributed by atoms with van der Waals surface area (Å²) in [6.45, 7) is 4.95. The summed E-state index contributed by atoms with van der Waals surface area (Å²) in [5.41, 5.74) is 3.41. The van der Waals surface area contributed by atoms with E-state index >= 15 is 0 Å². The number of hydrogen-bond acceptors (Lipinski definition) is 6. The molecule has 2 aliphatic rings. The normalized spacial score (nSPS) is 19.1. The molecule has 28 heavy (non-hydrogen) atoms. The van der Waals surface area contributed by atoms with E-state index in [1.807, 2.05) is 18.2 Å². The fourth-order valence-electron chi connectivity index (χ4n) is 3.96. The minimum absolute atomic E-state index is 0.325. The molecule has 0 N–H and O–H groups in total. The molecule has 6 nitrogen and oxygen atoms in total. The largest absolute Gasteiger partial charge is 0.486 e. The van der Waals surface area contributed by atoms with Crippen molar-refractivity contribution in [1.29, 1.82) is 0 Å². The molecule has 144 valence electrons. The smallest absolute Gasteiger partial charge is 0.247 e. The third-order valence-electron chi connectivity index (χ3n) is 5.42. The minimum Gasteiger partial charge on any atom is -0.486 e. The number of likely N-dealkylation sites (tertiary alicyclic amines) is 1. The number of aromatic nitrogens is 2. The first-order valence-electron chi connectivity index (χ1n) is 9.79. The van der Waals surface area contributed by atoms with Gasteiger partial charge in [0.15, 0.2) is 11.5 Å². The monoisotopic (exact) mass is 377 g/mol. The number of benzene rings is 2. The second-order valence-electron chi connectivity index (χ2n) is 7.40. The Hall–Kier alpha value is -2.86. The van der Waals surface area contributed by atoms with Crippen molar-refractivity contribution in [3.05, 3.63) is 59.5 Å². The van der Waals surface area contributed by atoms with Gasteiger partial charge in [-0.3, -0.25) is 4.90 Å². The Bertz CT molecular complexity index is 967. The molecule has 3 heterocycles. The van der Waals surface area contributed by atoms with E-state index in [1.165, 1.54) is 11.1 Å². The fourth-order valence-corrected chi connectivity index (χ4v) is 3.96. The van der Waals surface area contributed by atoms with Crippen LogP contribution in [-0.2, 0) is 6.54 Å². The highest BCUT2D eigenvalue weighted by molar-refractivity contribution is 5.52. The number of nitrogens with zero attached hydrogens (tertiary/aromatic N) is 3. The van der Waals surface area contributed by atoms with Crippen molar-refractivity contribution in [2.24, 2.45) is 0 Å². The Balaban J connectivity index is 1.33. The number of aryl methyl sites for hydroxylation is 1. The average Bonchev–Trinajstić information content (AvgIpc) is 3.38. The van der Waals surface area contributed by atoms with Crippen LogP contribution < -0.4 is 9.47 Å². The van der Waals surface area contributed by atoms with E-state index in [4.69, 9.17) is 13.9 Å². The van der Waals surface area contributed by atoms with Crippen LogP contribution in [0.4, 0.5) is 0 Å². The summed E-state index contributed by atoms with van der Waals surface area (Å²) in [6, 6.07) is 14.7. The maximum Gasteiger partial charge on any atom is 0.247 e. The first kappa shape index (κ1) is 17.3. The average molecular weight is 377 g/mol. The molecule has 2 aliphatic heterocycles. The van der Waals surface area contributed by atoms with Gasteiger partial charge in [-0.2, -0.15) is 0 Å². The number of rotatable bonds is 4. The molecular formula is C22H23N3O3. The Morgan fingerprint density at radius 1 is 1.00 bits per heavy atom. The molecule has 0 bridgehead atoms. The predicted molar refractivity (Wildman–Crippen MR) is 104 cm³/mol. The summed E-state index contributed by atoms with van der Waals surface area (Å²) in [4.78, 5) is 2.40. The summed E-state index contributed by atoms with van der Waals surface area (Å²) in [7, 11) is 0. The minimum atomic E-state index is 0.325. The van der Waals surface area contributed by atoms with Crippen LogP contribution >= 0.6 is 0 Å². The molecule has 0 radical (unpaired) electrons. The Morgan fingerprint density at radius 3 is 2.68 bits per heavy atom. The molecule has 3 aromatic rings. The Kier molecular flexibility index (Phi) is 4.49. The van der Waals surface area contributed by atoms with Gasteiger partial charge in [0.1, 0.15) is 13.2 Å². The van der Waals surface area contributed by atoms with Crippen LogP contribution in [0.25, 0.3) is 11.5 Å². The summed E-state index contributed by atoms with van der Waals surface area (Å²) in [5.74, 6) is 2.90. The fraction of sp³-hybridized carbons (Fsp3) is 0.364. The molecule has 0 saturated carbocycles. The zero-order valence-electron chi connectivity index (χ0n) is 15.9. The van der Waals surface area contributed by atoms with E-state index in [-0.39, 0.29) is 0 Å². The van der Waals surface area contributed by atoms with Crippen LogP contribution in [0.5, 0.6) is 11.5 Å². The molecular weight excluding hydrogens is 354 g/mol. The van der Waals surface area contributed by atoms with E-state index in [0.717, 1.165) is 36.4 Å². The highest BCUT2D eigenvalue weighted by Crippen LogP contribution is 2.38. The third kappa shape index (κ3) is 3.36. The van der Waals surface area contributed by atoms with Crippen LogP contribution in [0, 0.1) is 6.92 Å². The lowest BCUT2D eigenvalue weighted by Gasteiger charge is -2.25. The van der Waals surface area contributed by atoms with Crippen LogP contribution in [-0.4, -0.2) is 34.9 Å². The highest BCUT2D eigenvalue weighted by Gasteiger charge is 2.28. The molecule has 5 rings (SSSR count). The molecule has 0 spiro atoms. The van der Waals surface area contributed by atoms with Crippen molar-refractivity contribution in [3.63, 3.8) is 0 Å². The van der Waals surface area contributed by atoms with Gasteiger partial charge in [0, 0.05) is 11.6 Å². The van der Waals surface area contributed by atoms with Crippen molar-refractivity contribution >= 4 is 0 Å². The topological polar surface area (TPSA) is 60.6 Å². The molecule has 1 unspecified atom stereocenters. The first-order valence-corrected chi connectivity index (χ1v) is 9.79. The van der Waals surface area contributed by atoms with Gasteiger partial charge in [0.05, 0.1) is 6.54 Å². The summed E-state index contributed by atoms with van der Waals surface area (Å²) < 4.78 is 17.3. The van der Waals surface area contributed by atoms with Crippen LogP contribution in [0.2, 0.25) is 0 Å². The molecule has 1 atom stereocenters. The van der Waals surface area contributed by atoms with E-state index in [1.54, 1.807) is 0 Å². The molecule has 0 amide bonds. The van der Waals surface area contributed by atoms with Crippen LogP contribution in [0.15, 0.2) is 46.9 Å². The van der Waals surface area contributed by atoms with Gasteiger partial charge in [0.25, 0.3) is 0 Å². The third-order valence-corrected chi connectivity index (χ3v) is 5.42. The van der Waals surface area contributed by atoms with Gasteiger partial charge in [-0.1, -0.05) is 23.8 Å². The predicted octanol–water partition coefficient (Wildman–Crippen LogP) is 4.15. The van der Waals surface area contributed by atoms with E-state index in [0.29, 0.717) is 37.6 Å². The summed E-state index contributed by atoms with van der Waals surface area (Å²) in [5, 5.41) is 8.51. The van der Waals surface area contributed by atoms with E-state index < -0.39 is 0 Å². The number of fused-ring (bicyclic) bond motifs is 1.